The van der Waals surface area contributed by atoms with Crippen LogP contribution in [-0.2, 0) is 9.63 Å². The second-order valence-electron chi connectivity index (χ2n) is 1.31. The second kappa shape index (κ2) is 5.27. The van der Waals surface area contributed by atoms with Crippen molar-refractivity contribution < 1.29 is 14.7 Å². The van der Waals surface area contributed by atoms with Crippen molar-refractivity contribution in [1.82, 2.24) is 5.48 Å². The Kier molecular flexibility index (Phi) is 4.76. The van der Waals surface area contributed by atoms with Gasteiger partial charge in [0.15, 0.2) is 0 Å². The quantitative estimate of drug-likeness (QED) is 0.307. The summed E-state index contributed by atoms with van der Waals surface area (Å²) in [4.78, 5) is 14.3. The fourth-order valence-electron chi connectivity index (χ4n) is 0.231. The lowest BCUT2D eigenvalue weighted by Crippen LogP contribution is -2.22. The van der Waals surface area contributed by atoms with Crippen LogP contribution in [0, 0.1) is 0 Å². The van der Waals surface area contributed by atoms with E-state index in [2.05, 4.69) is 16.9 Å². The highest BCUT2D eigenvalue weighted by Gasteiger charge is 1.91. The van der Waals surface area contributed by atoms with E-state index in [1.807, 2.05) is 0 Å². The van der Waals surface area contributed by atoms with Crippen molar-refractivity contribution in [3.8, 4) is 0 Å². The number of nitrogens with one attached hydrogen (secondary N) is 1. The Morgan fingerprint density at radius 3 is 3.00 bits per heavy atom. The normalized spacial score (nSPS) is 8.89. The summed E-state index contributed by atoms with van der Waals surface area (Å²) in [5.41, 5.74) is 2.21. The molecule has 0 aromatic heterocycles. The van der Waals surface area contributed by atoms with Gasteiger partial charge in [-0.05, 0) is 0 Å². The largest absolute Gasteiger partial charge is 0.480 e. The highest BCUT2D eigenvalue weighted by molar-refractivity contribution is 5.68. The van der Waals surface area contributed by atoms with Crippen molar-refractivity contribution in [2.45, 2.75) is 0 Å². The number of hydrogen-bond acceptors (Lipinski definition) is 3. The molecule has 9 heavy (non-hydrogen) atoms. The molecule has 0 amide bonds. The molecule has 0 saturated heterocycles. The second-order valence-corrected chi connectivity index (χ2v) is 1.31. The third-order valence-corrected chi connectivity index (χ3v) is 0.527. The topological polar surface area (TPSA) is 58.6 Å². The summed E-state index contributed by atoms with van der Waals surface area (Å²) < 4.78 is 0. The van der Waals surface area contributed by atoms with E-state index in [0.717, 1.165) is 0 Å². The van der Waals surface area contributed by atoms with E-state index < -0.39 is 5.97 Å². The van der Waals surface area contributed by atoms with Gasteiger partial charge in [0.2, 0.25) is 0 Å². The summed E-state index contributed by atoms with van der Waals surface area (Å²) in [7, 11) is 0. The third-order valence-electron chi connectivity index (χ3n) is 0.527. The average Bonchev–Trinajstić information content (AvgIpc) is 1.80. The van der Waals surface area contributed by atoms with Gasteiger partial charge >= 0.3 is 5.97 Å². The summed E-state index contributed by atoms with van der Waals surface area (Å²) >= 11 is 0. The highest BCUT2D eigenvalue weighted by Crippen LogP contribution is 1.66. The summed E-state index contributed by atoms with van der Waals surface area (Å²) in [5, 5.41) is 8.04. The smallest absolute Gasteiger partial charge is 0.319 e. The van der Waals surface area contributed by atoms with Gasteiger partial charge in [-0.25, -0.2) is 0 Å². The van der Waals surface area contributed by atoms with Crippen molar-refractivity contribution in [2.75, 3.05) is 13.2 Å². The molecule has 2 N–H and O–H groups in total. The number of rotatable bonds is 5. The molecule has 0 radical (unpaired) electrons. The van der Waals surface area contributed by atoms with Crippen LogP contribution in [0.3, 0.4) is 0 Å². The summed E-state index contributed by atoms with van der Waals surface area (Å²) in [6.07, 6.45) is 1.52. The van der Waals surface area contributed by atoms with E-state index in [1.54, 1.807) is 0 Å². The Morgan fingerprint density at radius 1 is 1.89 bits per heavy atom. The molecule has 0 aromatic carbocycles. The van der Waals surface area contributed by atoms with Crippen molar-refractivity contribution in [2.24, 2.45) is 0 Å². The predicted molar refractivity (Wildman–Crippen MR) is 31.8 cm³/mol. The number of aliphatic carboxylic acids is 1. The van der Waals surface area contributed by atoms with Gasteiger partial charge in [-0.2, -0.15) is 5.48 Å². The minimum atomic E-state index is -0.945. The molecule has 0 fully saturated rings. The molecule has 0 aliphatic heterocycles. The van der Waals surface area contributed by atoms with Crippen molar-refractivity contribution in [3.63, 3.8) is 0 Å². The van der Waals surface area contributed by atoms with Crippen LogP contribution in [0.2, 0.25) is 0 Å². The first-order valence-corrected chi connectivity index (χ1v) is 2.44. The first-order valence-electron chi connectivity index (χ1n) is 2.44. The molecule has 0 unspecified atom stereocenters. The molecular formula is C5H9NO3. The number of hydrogen-bond donors (Lipinski definition) is 2. The van der Waals surface area contributed by atoms with E-state index in [1.165, 1.54) is 6.08 Å². The van der Waals surface area contributed by atoms with Crippen LogP contribution in [0.25, 0.3) is 0 Å². The Morgan fingerprint density at radius 2 is 2.56 bits per heavy atom. The molecule has 52 valence electrons. The van der Waals surface area contributed by atoms with Crippen molar-refractivity contribution in [1.29, 1.82) is 0 Å². The van der Waals surface area contributed by atoms with Crippen LogP contribution in [0.4, 0.5) is 0 Å². The fourth-order valence-corrected chi connectivity index (χ4v) is 0.231. The Hall–Kier alpha value is -0.870. The Balaban J connectivity index is 2.91. The van der Waals surface area contributed by atoms with Gasteiger partial charge in [-0.1, -0.05) is 6.08 Å². The summed E-state index contributed by atoms with van der Waals surface area (Å²) in [6.45, 7) is 3.49. The van der Waals surface area contributed by atoms with Crippen LogP contribution in [0.15, 0.2) is 12.7 Å². The van der Waals surface area contributed by atoms with Crippen LogP contribution < -0.4 is 5.48 Å². The maximum Gasteiger partial charge on any atom is 0.319 e. The molecular weight excluding hydrogens is 122 g/mol. The summed E-state index contributed by atoms with van der Waals surface area (Å²) in [5.74, 6) is -0.945. The molecule has 0 aromatic rings. The number of carboxylic acid groups (broad SMARTS) is 1. The minimum Gasteiger partial charge on any atom is -0.480 e. The Labute approximate surface area is 53.1 Å². The van der Waals surface area contributed by atoms with Gasteiger partial charge in [-0.15, -0.1) is 6.58 Å². The molecule has 4 heteroatoms. The molecule has 0 aliphatic rings. The van der Waals surface area contributed by atoms with Crippen LogP contribution in [0.5, 0.6) is 0 Å². The first kappa shape index (κ1) is 8.13. The zero-order valence-electron chi connectivity index (χ0n) is 4.96. The molecule has 0 atom stereocenters. The van der Waals surface area contributed by atoms with E-state index in [9.17, 15) is 4.79 Å². The average molecular weight is 131 g/mol. The van der Waals surface area contributed by atoms with E-state index in [-0.39, 0.29) is 6.54 Å². The van der Waals surface area contributed by atoms with Crippen LogP contribution in [-0.4, -0.2) is 24.2 Å². The molecule has 0 aliphatic carbocycles. The maximum absolute atomic E-state index is 9.79. The van der Waals surface area contributed by atoms with Crippen LogP contribution in [0.1, 0.15) is 0 Å². The zero-order chi connectivity index (χ0) is 7.11. The molecule has 0 heterocycles. The standard InChI is InChI=1S/C5H9NO3/c1-2-3-9-6-4-5(7)8/h2,6H,1,3-4H2,(H,7,8). The lowest BCUT2D eigenvalue weighted by molar-refractivity contribution is -0.138. The van der Waals surface area contributed by atoms with E-state index >= 15 is 0 Å². The molecule has 0 spiro atoms. The van der Waals surface area contributed by atoms with Gasteiger partial charge in [-0.3, -0.25) is 9.63 Å². The van der Waals surface area contributed by atoms with Gasteiger partial charge in [0.1, 0.15) is 6.54 Å². The first-order chi connectivity index (χ1) is 4.27. The van der Waals surface area contributed by atoms with Gasteiger partial charge < -0.3 is 5.11 Å². The number of carbonyl (C=O) groups is 1. The molecule has 4 nitrogen and oxygen atoms in total. The number of carboxylic acids is 1. The lowest BCUT2D eigenvalue weighted by Gasteiger charge is -1.97. The van der Waals surface area contributed by atoms with Gasteiger partial charge in [0, 0.05) is 0 Å². The van der Waals surface area contributed by atoms with Crippen LogP contribution >= 0.6 is 0 Å². The molecule has 0 saturated carbocycles. The lowest BCUT2D eigenvalue weighted by atomic mass is 10.7. The zero-order valence-corrected chi connectivity index (χ0v) is 4.96. The summed E-state index contributed by atoms with van der Waals surface area (Å²) in [6, 6.07) is 0. The fraction of sp³-hybridized carbons (Fsp3) is 0.400. The maximum atomic E-state index is 9.79. The highest BCUT2D eigenvalue weighted by atomic mass is 16.6. The molecule has 0 bridgehead atoms. The van der Waals surface area contributed by atoms with Crippen molar-refractivity contribution in [3.05, 3.63) is 12.7 Å². The van der Waals surface area contributed by atoms with Gasteiger partial charge in [0.25, 0.3) is 0 Å². The molecule has 0 rings (SSSR count). The SMILES string of the molecule is C=CCONCC(=O)O. The third kappa shape index (κ3) is 7.13. The van der Waals surface area contributed by atoms with E-state index in [0.29, 0.717) is 6.61 Å². The van der Waals surface area contributed by atoms with E-state index in [4.69, 9.17) is 5.11 Å². The number of hydroxylamine groups is 1. The predicted octanol–water partition coefficient (Wildman–Crippen LogP) is -0.222. The monoisotopic (exact) mass is 131 g/mol. The van der Waals surface area contributed by atoms with Crippen molar-refractivity contribution >= 4 is 5.97 Å². The Bertz CT molecular complexity index is 102. The minimum absolute atomic E-state index is 0.187. The van der Waals surface area contributed by atoms with Gasteiger partial charge in [0.05, 0.1) is 6.61 Å².